The quantitative estimate of drug-likeness (QED) is 0.485. The fourth-order valence-electron chi connectivity index (χ4n) is 1.76. The molecular weight excluding hydrogens is 480 g/mol. The largest absolute Gasteiger partial charge is 0.296 e. The van der Waals surface area contributed by atoms with Crippen LogP contribution in [0.3, 0.4) is 0 Å². The van der Waals surface area contributed by atoms with Gasteiger partial charge in [0.15, 0.2) is 5.82 Å². The molecule has 0 radical (unpaired) electrons. The van der Waals surface area contributed by atoms with Crippen LogP contribution in [0.1, 0.15) is 19.9 Å². The van der Waals surface area contributed by atoms with Crippen molar-refractivity contribution in [2.24, 2.45) is 0 Å². The van der Waals surface area contributed by atoms with Gasteiger partial charge in [-0.05, 0) is 54.6 Å². The third-order valence-electron chi connectivity index (χ3n) is 2.57. The first-order chi connectivity index (χ1) is 9.21. The highest BCUT2D eigenvalue weighted by Crippen LogP contribution is 2.32. The summed E-state index contributed by atoms with van der Waals surface area (Å²) in [6.07, 6.45) is 0. The van der Waals surface area contributed by atoms with Crippen molar-refractivity contribution in [3.05, 3.63) is 26.2 Å². The second-order valence-electron chi connectivity index (χ2n) is 4.33. The number of rotatable bonds is 3. The SMILES string of the molecule is CC(C)n1c(-c2cc(I)ccc2Br)nnc1S(=O)(=O)Cl. The fourth-order valence-corrected chi connectivity index (χ4v) is 3.66. The van der Waals surface area contributed by atoms with Gasteiger partial charge in [-0.1, -0.05) is 15.9 Å². The highest BCUT2D eigenvalue weighted by atomic mass is 127. The van der Waals surface area contributed by atoms with Crippen molar-refractivity contribution in [3.8, 4) is 11.4 Å². The van der Waals surface area contributed by atoms with Crippen LogP contribution >= 0.6 is 49.2 Å². The summed E-state index contributed by atoms with van der Waals surface area (Å²) < 4.78 is 26.5. The maximum absolute atomic E-state index is 11.6. The number of benzene rings is 1. The fraction of sp³-hybridized carbons (Fsp3) is 0.273. The average molecular weight is 491 g/mol. The van der Waals surface area contributed by atoms with Crippen LogP contribution < -0.4 is 0 Å². The molecule has 0 saturated heterocycles. The predicted octanol–water partition coefficient (Wildman–Crippen LogP) is 3.82. The van der Waals surface area contributed by atoms with Gasteiger partial charge in [0.05, 0.1) is 0 Å². The molecule has 0 amide bonds. The van der Waals surface area contributed by atoms with E-state index in [1.54, 1.807) is 0 Å². The van der Waals surface area contributed by atoms with Crippen molar-refractivity contribution in [1.82, 2.24) is 14.8 Å². The molecule has 2 rings (SSSR count). The van der Waals surface area contributed by atoms with E-state index in [1.165, 1.54) is 4.57 Å². The number of hydrogen-bond donors (Lipinski definition) is 0. The van der Waals surface area contributed by atoms with Gasteiger partial charge < -0.3 is 0 Å². The van der Waals surface area contributed by atoms with E-state index in [4.69, 9.17) is 10.7 Å². The topological polar surface area (TPSA) is 64.8 Å². The number of halogens is 3. The van der Waals surface area contributed by atoms with Crippen molar-refractivity contribution >= 4 is 58.3 Å². The Hall–Kier alpha value is -0.190. The van der Waals surface area contributed by atoms with Gasteiger partial charge in [0.25, 0.3) is 14.2 Å². The Bertz CT molecular complexity index is 761. The van der Waals surface area contributed by atoms with Gasteiger partial charge in [-0.15, -0.1) is 10.2 Å². The van der Waals surface area contributed by atoms with E-state index in [9.17, 15) is 8.42 Å². The van der Waals surface area contributed by atoms with Crippen LogP contribution in [0.4, 0.5) is 0 Å². The zero-order chi connectivity index (χ0) is 15.1. The lowest BCUT2D eigenvalue weighted by Crippen LogP contribution is -2.10. The molecule has 0 aliphatic heterocycles. The summed E-state index contributed by atoms with van der Waals surface area (Å²) >= 11 is 5.62. The Morgan fingerprint density at radius 2 is 2.00 bits per heavy atom. The first-order valence-electron chi connectivity index (χ1n) is 5.57. The second-order valence-corrected chi connectivity index (χ2v) is 8.89. The molecule has 2 aromatic rings. The molecule has 0 unspecified atom stereocenters. The van der Waals surface area contributed by atoms with Crippen LogP contribution in [-0.2, 0) is 9.05 Å². The molecule has 0 atom stereocenters. The van der Waals surface area contributed by atoms with Gasteiger partial charge in [-0.2, -0.15) is 0 Å². The van der Waals surface area contributed by atoms with Gasteiger partial charge in [-0.25, -0.2) is 8.42 Å². The zero-order valence-corrected chi connectivity index (χ0v) is 15.8. The molecule has 0 N–H and O–H groups in total. The minimum Gasteiger partial charge on any atom is -0.294 e. The van der Waals surface area contributed by atoms with E-state index >= 15 is 0 Å². The maximum atomic E-state index is 11.6. The summed E-state index contributed by atoms with van der Waals surface area (Å²) in [5.41, 5.74) is 0.768. The van der Waals surface area contributed by atoms with Gasteiger partial charge in [-0.3, -0.25) is 4.57 Å². The minimum absolute atomic E-state index is 0.145. The second kappa shape index (κ2) is 5.90. The Labute approximate surface area is 143 Å². The lowest BCUT2D eigenvalue weighted by atomic mass is 10.2. The molecule has 0 saturated carbocycles. The Morgan fingerprint density at radius 1 is 1.35 bits per heavy atom. The molecule has 0 aliphatic carbocycles. The Balaban J connectivity index is 2.76. The summed E-state index contributed by atoms with van der Waals surface area (Å²) in [5, 5.41) is 7.48. The van der Waals surface area contributed by atoms with E-state index in [0.29, 0.717) is 5.82 Å². The molecule has 108 valence electrons. The molecule has 9 heteroatoms. The molecule has 5 nitrogen and oxygen atoms in total. The van der Waals surface area contributed by atoms with E-state index in [2.05, 4.69) is 48.7 Å². The normalized spacial score (nSPS) is 12.1. The Morgan fingerprint density at radius 3 is 2.55 bits per heavy atom. The summed E-state index contributed by atoms with van der Waals surface area (Å²) in [4.78, 5) is 0. The van der Waals surface area contributed by atoms with Crippen molar-refractivity contribution in [2.75, 3.05) is 0 Å². The van der Waals surface area contributed by atoms with Crippen LogP contribution in [0, 0.1) is 3.57 Å². The summed E-state index contributed by atoms with van der Waals surface area (Å²) in [6.45, 7) is 3.69. The van der Waals surface area contributed by atoms with Gasteiger partial charge in [0.2, 0.25) is 0 Å². The first kappa shape index (κ1) is 16.2. The Kier molecular flexibility index (Phi) is 4.77. The number of nitrogens with zero attached hydrogens (tertiary/aromatic N) is 3. The standard InChI is InChI=1S/C11H10BrClIN3O2S/c1-6(2)17-10(15-16-11(17)20(13,18)19)8-5-7(14)3-4-9(8)12/h3-6H,1-2H3. The summed E-state index contributed by atoms with van der Waals surface area (Å²) in [7, 11) is 1.47. The molecule has 0 bridgehead atoms. The smallest absolute Gasteiger partial charge is 0.294 e. The third kappa shape index (κ3) is 3.18. The average Bonchev–Trinajstić information content (AvgIpc) is 2.76. The van der Waals surface area contributed by atoms with Crippen LogP contribution in [0.15, 0.2) is 27.8 Å². The molecule has 1 heterocycles. The zero-order valence-electron chi connectivity index (χ0n) is 10.5. The molecule has 0 fully saturated rings. The maximum Gasteiger partial charge on any atom is 0.296 e. The minimum atomic E-state index is -3.94. The third-order valence-corrected chi connectivity index (χ3v) is 5.06. The lowest BCUT2D eigenvalue weighted by molar-refractivity contribution is 0.530. The molecule has 0 spiro atoms. The molecular formula is C11H10BrClIN3O2S. The van der Waals surface area contributed by atoms with E-state index in [0.717, 1.165) is 13.6 Å². The van der Waals surface area contributed by atoms with Crippen LogP contribution in [0.5, 0.6) is 0 Å². The van der Waals surface area contributed by atoms with E-state index in [1.807, 2.05) is 32.0 Å². The van der Waals surface area contributed by atoms with E-state index in [-0.39, 0.29) is 11.2 Å². The van der Waals surface area contributed by atoms with Crippen LogP contribution in [-0.4, -0.2) is 23.2 Å². The van der Waals surface area contributed by atoms with E-state index < -0.39 is 9.05 Å². The molecule has 20 heavy (non-hydrogen) atoms. The van der Waals surface area contributed by atoms with Crippen molar-refractivity contribution < 1.29 is 8.42 Å². The summed E-state index contributed by atoms with van der Waals surface area (Å²) in [6, 6.07) is 5.57. The summed E-state index contributed by atoms with van der Waals surface area (Å²) in [5.74, 6) is 0.463. The van der Waals surface area contributed by atoms with Crippen molar-refractivity contribution in [2.45, 2.75) is 25.0 Å². The van der Waals surface area contributed by atoms with Crippen LogP contribution in [0.25, 0.3) is 11.4 Å². The highest BCUT2D eigenvalue weighted by molar-refractivity contribution is 14.1. The molecule has 1 aromatic heterocycles. The highest BCUT2D eigenvalue weighted by Gasteiger charge is 2.25. The number of hydrogen-bond acceptors (Lipinski definition) is 4. The first-order valence-corrected chi connectivity index (χ1v) is 9.75. The molecule has 1 aromatic carbocycles. The number of aromatic nitrogens is 3. The van der Waals surface area contributed by atoms with Crippen molar-refractivity contribution in [1.29, 1.82) is 0 Å². The predicted molar refractivity (Wildman–Crippen MR) is 89.3 cm³/mol. The lowest BCUT2D eigenvalue weighted by Gasteiger charge is -2.13. The molecule has 0 aliphatic rings. The monoisotopic (exact) mass is 489 g/mol. The van der Waals surface area contributed by atoms with Gasteiger partial charge >= 0.3 is 0 Å². The van der Waals surface area contributed by atoms with Crippen molar-refractivity contribution in [3.63, 3.8) is 0 Å². The van der Waals surface area contributed by atoms with Gasteiger partial charge in [0.1, 0.15) is 0 Å². The van der Waals surface area contributed by atoms with Crippen LogP contribution in [0.2, 0.25) is 0 Å². The van der Waals surface area contributed by atoms with Gasteiger partial charge in [0, 0.05) is 30.3 Å².